The molecule has 0 unspecified atom stereocenters. The molecule has 0 aromatic heterocycles. The Morgan fingerprint density at radius 1 is 1.21 bits per heavy atom. The molecule has 0 radical (unpaired) electrons. The molecule has 0 saturated carbocycles. The molecule has 4 heteroatoms. The van der Waals surface area contributed by atoms with Crippen molar-refractivity contribution >= 4 is 17.3 Å². The standard InChI is InChI=1S/C10H10ClF2N/c11-5-1-2-6-14-8-3-4-9(12)10(13)7-8/h1-4,7,14H,5-6H2/b2-1+. The van der Waals surface area contributed by atoms with E-state index in [9.17, 15) is 8.78 Å². The molecule has 1 nitrogen and oxygen atoms in total. The third kappa shape index (κ3) is 3.34. The van der Waals surface area contributed by atoms with Gasteiger partial charge < -0.3 is 5.32 Å². The molecule has 0 fully saturated rings. The molecule has 0 amide bonds. The SMILES string of the molecule is Fc1ccc(NC/C=C/CCl)cc1F. The maximum absolute atomic E-state index is 12.7. The van der Waals surface area contributed by atoms with Crippen LogP contribution in [0.3, 0.4) is 0 Å². The van der Waals surface area contributed by atoms with Gasteiger partial charge in [0.25, 0.3) is 0 Å². The molecular weight excluding hydrogens is 208 g/mol. The topological polar surface area (TPSA) is 12.0 Å². The van der Waals surface area contributed by atoms with Crippen LogP contribution in [0.25, 0.3) is 0 Å². The second-order valence-corrected chi connectivity index (χ2v) is 2.94. The van der Waals surface area contributed by atoms with Crippen molar-refractivity contribution in [3.63, 3.8) is 0 Å². The molecule has 0 atom stereocenters. The van der Waals surface area contributed by atoms with Crippen LogP contribution < -0.4 is 5.32 Å². The predicted octanol–water partition coefficient (Wildman–Crippen LogP) is 3.17. The first-order chi connectivity index (χ1) is 6.74. The number of anilines is 1. The van der Waals surface area contributed by atoms with Crippen molar-refractivity contribution in [2.45, 2.75) is 0 Å². The van der Waals surface area contributed by atoms with Gasteiger partial charge in [0.15, 0.2) is 11.6 Å². The molecule has 0 aliphatic rings. The minimum absolute atomic E-state index is 0.444. The van der Waals surface area contributed by atoms with Crippen molar-refractivity contribution in [1.82, 2.24) is 0 Å². The van der Waals surface area contributed by atoms with Crippen molar-refractivity contribution in [2.75, 3.05) is 17.7 Å². The van der Waals surface area contributed by atoms with Gasteiger partial charge in [-0.05, 0) is 12.1 Å². The smallest absolute Gasteiger partial charge is 0.160 e. The number of hydrogen-bond donors (Lipinski definition) is 1. The lowest BCUT2D eigenvalue weighted by atomic mass is 10.3. The fourth-order valence-electron chi connectivity index (χ4n) is 0.929. The second kappa shape index (κ2) is 5.60. The lowest BCUT2D eigenvalue weighted by Gasteiger charge is -2.02. The summed E-state index contributed by atoms with van der Waals surface area (Å²) in [7, 11) is 0. The number of rotatable bonds is 4. The van der Waals surface area contributed by atoms with E-state index in [-0.39, 0.29) is 0 Å². The third-order valence-electron chi connectivity index (χ3n) is 1.60. The highest BCUT2D eigenvalue weighted by molar-refractivity contribution is 6.18. The Hall–Kier alpha value is -1.09. The zero-order valence-electron chi connectivity index (χ0n) is 7.43. The van der Waals surface area contributed by atoms with Gasteiger partial charge in [0.1, 0.15) is 0 Å². The summed E-state index contributed by atoms with van der Waals surface area (Å²) in [6.45, 7) is 0.539. The first-order valence-electron chi connectivity index (χ1n) is 4.14. The average Bonchev–Trinajstić information content (AvgIpc) is 2.18. The van der Waals surface area contributed by atoms with E-state index in [1.54, 1.807) is 6.08 Å². The fourth-order valence-corrected chi connectivity index (χ4v) is 1.06. The Morgan fingerprint density at radius 2 is 2.00 bits per heavy atom. The third-order valence-corrected chi connectivity index (χ3v) is 1.78. The van der Waals surface area contributed by atoms with Crippen molar-refractivity contribution in [1.29, 1.82) is 0 Å². The highest BCUT2D eigenvalue weighted by Gasteiger charge is 2.00. The summed E-state index contributed by atoms with van der Waals surface area (Å²) in [4.78, 5) is 0. The number of hydrogen-bond acceptors (Lipinski definition) is 1. The maximum Gasteiger partial charge on any atom is 0.160 e. The van der Waals surface area contributed by atoms with E-state index in [1.165, 1.54) is 6.07 Å². The number of allylic oxidation sites excluding steroid dienone is 1. The average molecular weight is 218 g/mol. The number of alkyl halides is 1. The number of nitrogens with one attached hydrogen (secondary N) is 1. The van der Waals surface area contributed by atoms with Crippen LogP contribution in [0.1, 0.15) is 0 Å². The second-order valence-electron chi connectivity index (χ2n) is 2.64. The zero-order valence-corrected chi connectivity index (χ0v) is 8.19. The number of halogens is 3. The van der Waals surface area contributed by atoms with Crippen molar-refractivity contribution in [3.8, 4) is 0 Å². The monoisotopic (exact) mass is 217 g/mol. The van der Waals surface area contributed by atoms with E-state index in [2.05, 4.69) is 5.32 Å². The van der Waals surface area contributed by atoms with Crippen molar-refractivity contribution in [2.24, 2.45) is 0 Å². The fraction of sp³-hybridized carbons (Fsp3) is 0.200. The largest absolute Gasteiger partial charge is 0.381 e. The Kier molecular flexibility index (Phi) is 4.40. The predicted molar refractivity (Wildman–Crippen MR) is 54.7 cm³/mol. The Morgan fingerprint density at radius 3 is 2.64 bits per heavy atom. The molecule has 0 saturated heterocycles. The number of benzene rings is 1. The van der Waals surface area contributed by atoms with E-state index in [0.29, 0.717) is 18.1 Å². The van der Waals surface area contributed by atoms with Crippen LogP contribution in [-0.2, 0) is 0 Å². The molecule has 1 aromatic rings. The van der Waals surface area contributed by atoms with Crippen LogP contribution in [0.2, 0.25) is 0 Å². The molecule has 0 spiro atoms. The summed E-state index contributed by atoms with van der Waals surface area (Å²) in [5.41, 5.74) is 0.545. The molecule has 0 heterocycles. The Balaban J connectivity index is 2.51. The zero-order chi connectivity index (χ0) is 10.4. The van der Waals surface area contributed by atoms with E-state index in [0.717, 1.165) is 12.1 Å². The summed E-state index contributed by atoms with van der Waals surface area (Å²) in [6.07, 6.45) is 3.59. The lowest BCUT2D eigenvalue weighted by molar-refractivity contribution is 0.509. The molecule has 14 heavy (non-hydrogen) atoms. The van der Waals surface area contributed by atoms with Gasteiger partial charge in [-0.3, -0.25) is 0 Å². The summed E-state index contributed by atoms with van der Waals surface area (Å²) < 4.78 is 25.2. The van der Waals surface area contributed by atoms with Crippen LogP contribution in [0, 0.1) is 11.6 Å². The van der Waals surface area contributed by atoms with Gasteiger partial charge in [-0.2, -0.15) is 0 Å². The van der Waals surface area contributed by atoms with E-state index < -0.39 is 11.6 Å². The van der Waals surface area contributed by atoms with Gasteiger partial charge in [0, 0.05) is 24.2 Å². The molecule has 1 N–H and O–H groups in total. The Labute approximate surface area is 86.4 Å². The molecule has 0 aliphatic heterocycles. The van der Waals surface area contributed by atoms with E-state index >= 15 is 0 Å². The van der Waals surface area contributed by atoms with Gasteiger partial charge in [-0.1, -0.05) is 12.2 Å². The summed E-state index contributed by atoms with van der Waals surface area (Å²) in [5.74, 6) is -1.25. The van der Waals surface area contributed by atoms with Crippen LogP contribution >= 0.6 is 11.6 Å². The first kappa shape index (κ1) is 11.0. The highest BCUT2D eigenvalue weighted by Crippen LogP contribution is 2.12. The molecule has 0 bridgehead atoms. The summed E-state index contributed by atoms with van der Waals surface area (Å²) in [5, 5.41) is 2.90. The van der Waals surface area contributed by atoms with E-state index in [1.807, 2.05) is 6.08 Å². The normalized spacial score (nSPS) is 10.8. The quantitative estimate of drug-likeness (QED) is 0.604. The summed E-state index contributed by atoms with van der Waals surface area (Å²) in [6, 6.07) is 3.68. The van der Waals surface area contributed by atoms with Crippen molar-refractivity contribution < 1.29 is 8.78 Å². The van der Waals surface area contributed by atoms with Crippen LogP contribution in [0.5, 0.6) is 0 Å². The minimum Gasteiger partial charge on any atom is -0.381 e. The molecule has 76 valence electrons. The van der Waals surface area contributed by atoms with Crippen molar-refractivity contribution in [3.05, 3.63) is 42.0 Å². The van der Waals surface area contributed by atoms with E-state index in [4.69, 9.17) is 11.6 Å². The van der Waals surface area contributed by atoms with Crippen LogP contribution in [-0.4, -0.2) is 12.4 Å². The van der Waals surface area contributed by atoms with Crippen LogP contribution in [0.4, 0.5) is 14.5 Å². The molecular formula is C10H10ClF2N. The minimum atomic E-state index is -0.851. The Bertz CT molecular complexity index is 326. The lowest BCUT2D eigenvalue weighted by Crippen LogP contribution is -1.99. The highest BCUT2D eigenvalue weighted by atomic mass is 35.5. The van der Waals surface area contributed by atoms with Gasteiger partial charge in [0.05, 0.1) is 0 Å². The van der Waals surface area contributed by atoms with Gasteiger partial charge in [0.2, 0.25) is 0 Å². The van der Waals surface area contributed by atoms with Gasteiger partial charge in [-0.25, -0.2) is 8.78 Å². The summed E-state index contributed by atoms with van der Waals surface area (Å²) >= 11 is 5.41. The van der Waals surface area contributed by atoms with Crippen LogP contribution in [0.15, 0.2) is 30.4 Å². The molecule has 0 aliphatic carbocycles. The van der Waals surface area contributed by atoms with Gasteiger partial charge in [-0.15, -0.1) is 11.6 Å². The first-order valence-corrected chi connectivity index (χ1v) is 4.67. The maximum atomic E-state index is 12.7. The molecule has 1 aromatic carbocycles. The molecule has 1 rings (SSSR count). The van der Waals surface area contributed by atoms with Gasteiger partial charge >= 0.3 is 0 Å².